The van der Waals surface area contributed by atoms with Gasteiger partial charge in [-0.2, -0.15) is 0 Å². The van der Waals surface area contributed by atoms with Gasteiger partial charge in [0.2, 0.25) is 0 Å². The fraction of sp³-hybridized carbons (Fsp3) is 0.625. The Morgan fingerprint density at radius 3 is 2.40 bits per heavy atom. The van der Waals surface area contributed by atoms with Crippen molar-refractivity contribution in [1.29, 1.82) is 0 Å². The summed E-state index contributed by atoms with van der Waals surface area (Å²) in [5.41, 5.74) is 0.252. The average molecular weight is 277 g/mol. The summed E-state index contributed by atoms with van der Waals surface area (Å²) < 4.78 is 11.1. The van der Waals surface area contributed by atoms with E-state index < -0.39 is 5.60 Å². The third-order valence-corrected chi connectivity index (χ3v) is 4.62. The molecule has 20 heavy (non-hydrogen) atoms. The molecule has 1 aromatic carbocycles. The van der Waals surface area contributed by atoms with Crippen LogP contribution < -0.4 is 4.74 Å². The van der Waals surface area contributed by atoms with Crippen molar-refractivity contribution < 1.29 is 14.6 Å². The SMILES string of the molecule is CCOc1ccc(C2(O)CC3COCC(C2)N3C)cc1. The van der Waals surface area contributed by atoms with E-state index in [0.29, 0.717) is 31.9 Å². The maximum absolute atomic E-state index is 11.1. The first kappa shape index (κ1) is 13.9. The smallest absolute Gasteiger partial charge is 0.119 e. The number of morpholine rings is 1. The average Bonchev–Trinajstić information content (AvgIpc) is 2.42. The minimum Gasteiger partial charge on any atom is -0.494 e. The van der Waals surface area contributed by atoms with Crippen molar-refractivity contribution in [1.82, 2.24) is 4.90 Å². The molecule has 2 heterocycles. The number of piperidine rings is 1. The molecule has 2 fully saturated rings. The van der Waals surface area contributed by atoms with Crippen LogP contribution in [-0.2, 0) is 10.3 Å². The van der Waals surface area contributed by atoms with Crippen LogP contribution in [0.5, 0.6) is 5.75 Å². The van der Waals surface area contributed by atoms with Crippen LogP contribution in [0.25, 0.3) is 0 Å². The molecule has 2 aliphatic heterocycles. The summed E-state index contributed by atoms with van der Waals surface area (Å²) >= 11 is 0. The summed E-state index contributed by atoms with van der Waals surface area (Å²) in [6.45, 7) is 4.06. The van der Waals surface area contributed by atoms with Crippen LogP contribution in [0.15, 0.2) is 24.3 Å². The second-order valence-electron chi connectivity index (χ2n) is 5.91. The largest absolute Gasteiger partial charge is 0.494 e. The zero-order valence-corrected chi connectivity index (χ0v) is 12.2. The number of likely N-dealkylation sites (N-methyl/N-ethyl adjacent to an activating group) is 1. The van der Waals surface area contributed by atoms with E-state index in [9.17, 15) is 5.11 Å². The van der Waals surface area contributed by atoms with E-state index in [-0.39, 0.29) is 0 Å². The van der Waals surface area contributed by atoms with E-state index in [0.717, 1.165) is 24.2 Å². The van der Waals surface area contributed by atoms with E-state index in [1.54, 1.807) is 0 Å². The molecular weight excluding hydrogens is 254 g/mol. The number of nitrogens with zero attached hydrogens (tertiary/aromatic N) is 1. The van der Waals surface area contributed by atoms with Gasteiger partial charge in [-0.15, -0.1) is 0 Å². The van der Waals surface area contributed by atoms with Gasteiger partial charge in [-0.1, -0.05) is 12.1 Å². The topological polar surface area (TPSA) is 41.9 Å². The van der Waals surface area contributed by atoms with Crippen molar-refractivity contribution in [3.05, 3.63) is 29.8 Å². The molecule has 3 rings (SSSR count). The predicted octanol–water partition coefficient (Wildman–Crippen LogP) is 1.77. The molecule has 2 bridgehead atoms. The highest BCUT2D eigenvalue weighted by atomic mass is 16.5. The van der Waals surface area contributed by atoms with Crippen molar-refractivity contribution >= 4 is 0 Å². The summed E-state index contributed by atoms with van der Waals surface area (Å²) in [5.74, 6) is 0.858. The molecule has 0 amide bonds. The molecule has 0 radical (unpaired) electrons. The lowest BCUT2D eigenvalue weighted by molar-refractivity contribution is -0.137. The first-order valence-corrected chi connectivity index (χ1v) is 7.38. The van der Waals surface area contributed by atoms with E-state index in [4.69, 9.17) is 9.47 Å². The summed E-state index contributed by atoms with van der Waals surface area (Å²) in [6, 6.07) is 8.49. The summed E-state index contributed by atoms with van der Waals surface area (Å²) in [5, 5.41) is 11.1. The minimum absolute atomic E-state index is 0.305. The number of fused-ring (bicyclic) bond motifs is 2. The number of hydrogen-bond acceptors (Lipinski definition) is 4. The van der Waals surface area contributed by atoms with Gasteiger partial charge in [0.1, 0.15) is 5.75 Å². The van der Waals surface area contributed by atoms with Gasteiger partial charge in [0.25, 0.3) is 0 Å². The van der Waals surface area contributed by atoms with Gasteiger partial charge in [-0.05, 0) is 44.5 Å². The van der Waals surface area contributed by atoms with Crippen LogP contribution in [0.4, 0.5) is 0 Å². The molecule has 0 aromatic heterocycles. The Kier molecular flexibility index (Phi) is 3.71. The minimum atomic E-state index is -0.740. The number of ether oxygens (including phenoxy) is 2. The summed E-state index contributed by atoms with van der Waals surface area (Å²) in [4.78, 5) is 2.35. The van der Waals surface area contributed by atoms with Crippen LogP contribution in [0.3, 0.4) is 0 Å². The van der Waals surface area contributed by atoms with Gasteiger partial charge in [-0.3, -0.25) is 4.90 Å². The zero-order chi connectivity index (χ0) is 14.2. The Morgan fingerprint density at radius 2 is 1.85 bits per heavy atom. The highest BCUT2D eigenvalue weighted by Crippen LogP contribution is 2.40. The molecule has 2 atom stereocenters. The van der Waals surface area contributed by atoms with Gasteiger partial charge in [-0.25, -0.2) is 0 Å². The molecule has 0 saturated carbocycles. The molecule has 110 valence electrons. The lowest BCUT2D eigenvalue weighted by atomic mass is 9.77. The fourth-order valence-corrected chi connectivity index (χ4v) is 3.41. The van der Waals surface area contributed by atoms with Crippen molar-refractivity contribution in [3.63, 3.8) is 0 Å². The van der Waals surface area contributed by atoms with E-state index in [2.05, 4.69) is 11.9 Å². The molecule has 2 saturated heterocycles. The number of rotatable bonds is 3. The van der Waals surface area contributed by atoms with Crippen LogP contribution >= 0.6 is 0 Å². The lowest BCUT2D eigenvalue weighted by Gasteiger charge is -2.50. The second-order valence-corrected chi connectivity index (χ2v) is 5.91. The van der Waals surface area contributed by atoms with Gasteiger partial charge in [0, 0.05) is 12.1 Å². The van der Waals surface area contributed by atoms with Gasteiger partial charge in [0.15, 0.2) is 0 Å². The normalized spacial score (nSPS) is 34.0. The molecule has 4 nitrogen and oxygen atoms in total. The molecule has 1 N–H and O–H groups in total. The molecule has 4 heteroatoms. The van der Waals surface area contributed by atoms with Crippen molar-refractivity contribution in [2.45, 2.75) is 37.5 Å². The maximum atomic E-state index is 11.1. The Labute approximate surface area is 120 Å². The maximum Gasteiger partial charge on any atom is 0.119 e. The zero-order valence-electron chi connectivity index (χ0n) is 12.2. The number of hydrogen-bond donors (Lipinski definition) is 1. The Bertz CT molecular complexity index is 445. The summed E-state index contributed by atoms with van der Waals surface area (Å²) in [7, 11) is 2.13. The molecule has 2 unspecified atom stereocenters. The van der Waals surface area contributed by atoms with Crippen LogP contribution in [0.1, 0.15) is 25.3 Å². The molecular formula is C16H23NO3. The van der Waals surface area contributed by atoms with Gasteiger partial charge < -0.3 is 14.6 Å². The Hall–Kier alpha value is -1.10. The van der Waals surface area contributed by atoms with Crippen molar-refractivity contribution in [2.75, 3.05) is 26.9 Å². The van der Waals surface area contributed by atoms with Crippen LogP contribution in [0.2, 0.25) is 0 Å². The van der Waals surface area contributed by atoms with Crippen LogP contribution in [-0.4, -0.2) is 49.0 Å². The predicted molar refractivity (Wildman–Crippen MR) is 76.9 cm³/mol. The van der Waals surface area contributed by atoms with E-state index in [1.807, 2.05) is 31.2 Å². The lowest BCUT2D eigenvalue weighted by Crippen LogP contribution is -2.59. The highest BCUT2D eigenvalue weighted by molar-refractivity contribution is 5.32. The van der Waals surface area contributed by atoms with Crippen molar-refractivity contribution in [2.24, 2.45) is 0 Å². The first-order chi connectivity index (χ1) is 9.62. The molecule has 1 aromatic rings. The Morgan fingerprint density at radius 1 is 1.25 bits per heavy atom. The van der Waals surface area contributed by atoms with E-state index >= 15 is 0 Å². The Balaban J connectivity index is 1.81. The monoisotopic (exact) mass is 277 g/mol. The van der Waals surface area contributed by atoms with Gasteiger partial charge >= 0.3 is 0 Å². The second kappa shape index (κ2) is 5.35. The van der Waals surface area contributed by atoms with Crippen LogP contribution in [0, 0.1) is 0 Å². The highest BCUT2D eigenvalue weighted by Gasteiger charge is 2.45. The fourth-order valence-electron chi connectivity index (χ4n) is 3.41. The van der Waals surface area contributed by atoms with E-state index in [1.165, 1.54) is 0 Å². The molecule has 0 aliphatic carbocycles. The number of benzene rings is 1. The van der Waals surface area contributed by atoms with Gasteiger partial charge in [0.05, 0.1) is 25.4 Å². The number of aliphatic hydroxyl groups is 1. The quantitative estimate of drug-likeness (QED) is 0.914. The standard InChI is InChI=1S/C16H23NO3/c1-3-20-15-6-4-12(5-7-15)16(18)8-13-10-19-11-14(9-16)17(13)2/h4-7,13-14,18H,3,8-11H2,1-2H3. The van der Waals surface area contributed by atoms with Crippen molar-refractivity contribution in [3.8, 4) is 5.75 Å². The third kappa shape index (κ3) is 2.43. The first-order valence-electron chi connectivity index (χ1n) is 7.38. The third-order valence-electron chi connectivity index (χ3n) is 4.62. The molecule has 0 spiro atoms. The summed E-state index contributed by atoms with van der Waals surface area (Å²) in [6.07, 6.45) is 1.46. The molecule has 2 aliphatic rings.